The van der Waals surface area contributed by atoms with Gasteiger partial charge in [0.25, 0.3) is 5.56 Å². The lowest BCUT2D eigenvalue weighted by molar-refractivity contribution is 0.605. The summed E-state index contributed by atoms with van der Waals surface area (Å²) in [5, 5.41) is 8.41. The molecule has 1 unspecified atom stereocenters. The van der Waals surface area contributed by atoms with Gasteiger partial charge in [-0.05, 0) is 6.92 Å². The number of hydrogen-bond acceptors (Lipinski definition) is 3. The van der Waals surface area contributed by atoms with Gasteiger partial charge in [-0.1, -0.05) is 11.6 Å². The van der Waals surface area contributed by atoms with Crippen LogP contribution in [0.1, 0.15) is 13.0 Å². The summed E-state index contributed by atoms with van der Waals surface area (Å²) in [4.78, 5) is 24.6. The number of hydrogen-bond donors (Lipinski definition) is 1. The quantitative estimate of drug-likeness (QED) is 0.705. The molecule has 0 saturated carbocycles. The number of halogens is 1. The predicted molar refractivity (Wildman–Crippen MR) is 46.7 cm³/mol. The van der Waals surface area contributed by atoms with E-state index in [1.54, 1.807) is 6.07 Å². The Kier molecular flexibility index (Phi) is 2.54. The summed E-state index contributed by atoms with van der Waals surface area (Å²) in [6, 6.07) is 0.950. The maximum Gasteiger partial charge on any atom is 0.329 e. The van der Waals surface area contributed by atoms with Crippen LogP contribution in [-0.2, 0) is 0 Å². The van der Waals surface area contributed by atoms with Gasteiger partial charge < -0.3 is 4.98 Å². The van der Waals surface area contributed by atoms with Crippen LogP contribution in [0, 0.1) is 11.3 Å². The van der Waals surface area contributed by atoms with E-state index in [0.717, 1.165) is 10.8 Å². The summed E-state index contributed by atoms with van der Waals surface area (Å²) in [5.41, 5.74) is -1.29. The molecule has 68 valence electrons. The van der Waals surface area contributed by atoms with E-state index in [1.165, 1.54) is 6.92 Å². The monoisotopic (exact) mass is 199 g/mol. The zero-order valence-electron chi connectivity index (χ0n) is 6.74. The maximum atomic E-state index is 11.2. The average Bonchev–Trinajstić information content (AvgIpc) is 2.12. The first-order chi connectivity index (χ1) is 6.07. The molecule has 0 aliphatic rings. The molecular formula is C7H6ClN3O2. The van der Waals surface area contributed by atoms with Crippen molar-refractivity contribution in [1.82, 2.24) is 9.55 Å². The number of nitrogens with one attached hydrogen (secondary N) is 1. The van der Waals surface area contributed by atoms with Gasteiger partial charge in [0.1, 0.15) is 11.1 Å². The van der Waals surface area contributed by atoms with E-state index < -0.39 is 17.3 Å². The maximum absolute atomic E-state index is 11.2. The number of nitrogens with zero attached hydrogens (tertiary/aromatic N) is 2. The summed E-state index contributed by atoms with van der Waals surface area (Å²) in [6.07, 6.45) is 1.10. The molecule has 0 aliphatic carbocycles. The average molecular weight is 200 g/mol. The standard InChI is InChI=1S/C7H6ClN3O2/c1-4(2-9)11-6(12)5(8)3-10-7(11)13/h3-4H,1H3,(H,10,13). The van der Waals surface area contributed by atoms with E-state index >= 15 is 0 Å². The van der Waals surface area contributed by atoms with Gasteiger partial charge in [0.05, 0.1) is 6.07 Å². The molecule has 0 bridgehead atoms. The molecule has 0 aromatic carbocycles. The Hall–Kier alpha value is -1.54. The van der Waals surface area contributed by atoms with Gasteiger partial charge in [-0.3, -0.25) is 4.79 Å². The van der Waals surface area contributed by atoms with Gasteiger partial charge in [-0.15, -0.1) is 0 Å². The summed E-state index contributed by atoms with van der Waals surface area (Å²) < 4.78 is 0.766. The van der Waals surface area contributed by atoms with E-state index in [0.29, 0.717) is 0 Å². The number of H-pyrrole nitrogens is 1. The molecule has 1 rings (SSSR count). The molecule has 1 atom stereocenters. The highest BCUT2D eigenvalue weighted by atomic mass is 35.5. The Morgan fingerprint density at radius 3 is 2.85 bits per heavy atom. The lowest BCUT2D eigenvalue weighted by Crippen LogP contribution is -2.36. The second-order valence-corrected chi connectivity index (χ2v) is 2.83. The van der Waals surface area contributed by atoms with E-state index in [4.69, 9.17) is 16.9 Å². The second-order valence-electron chi connectivity index (χ2n) is 2.42. The van der Waals surface area contributed by atoms with Crippen molar-refractivity contribution in [2.75, 3.05) is 0 Å². The number of rotatable bonds is 1. The minimum atomic E-state index is -0.824. The fourth-order valence-corrected chi connectivity index (χ4v) is 1.02. The minimum Gasteiger partial charge on any atom is -0.312 e. The highest BCUT2D eigenvalue weighted by Crippen LogP contribution is 1.99. The fourth-order valence-electron chi connectivity index (χ4n) is 0.873. The van der Waals surface area contributed by atoms with Crippen molar-refractivity contribution in [3.05, 3.63) is 32.1 Å². The van der Waals surface area contributed by atoms with Crippen molar-refractivity contribution in [2.45, 2.75) is 13.0 Å². The van der Waals surface area contributed by atoms with Crippen molar-refractivity contribution >= 4 is 11.6 Å². The number of nitriles is 1. The van der Waals surface area contributed by atoms with Crippen LogP contribution in [0.4, 0.5) is 0 Å². The molecule has 0 fully saturated rings. The third-order valence-corrected chi connectivity index (χ3v) is 1.81. The van der Waals surface area contributed by atoms with Crippen LogP contribution in [0.2, 0.25) is 5.02 Å². The molecular weight excluding hydrogens is 194 g/mol. The van der Waals surface area contributed by atoms with E-state index in [-0.39, 0.29) is 5.02 Å². The van der Waals surface area contributed by atoms with Crippen LogP contribution in [0.5, 0.6) is 0 Å². The molecule has 1 heterocycles. The van der Waals surface area contributed by atoms with Crippen LogP contribution in [0.3, 0.4) is 0 Å². The van der Waals surface area contributed by atoms with Crippen LogP contribution in [0.15, 0.2) is 15.8 Å². The third-order valence-electron chi connectivity index (χ3n) is 1.54. The molecule has 0 radical (unpaired) electrons. The summed E-state index contributed by atoms with van der Waals surface area (Å²) >= 11 is 5.47. The minimum absolute atomic E-state index is 0.110. The van der Waals surface area contributed by atoms with Gasteiger partial charge in [-0.25, -0.2) is 9.36 Å². The van der Waals surface area contributed by atoms with E-state index in [2.05, 4.69) is 4.98 Å². The molecule has 1 aromatic rings. The Labute approximate surface area is 78.2 Å². The molecule has 13 heavy (non-hydrogen) atoms. The zero-order chi connectivity index (χ0) is 10.0. The molecule has 1 N–H and O–H groups in total. The lowest BCUT2D eigenvalue weighted by atomic mass is 10.4. The van der Waals surface area contributed by atoms with Crippen LogP contribution in [0.25, 0.3) is 0 Å². The molecule has 0 saturated heterocycles. The second kappa shape index (κ2) is 3.46. The largest absolute Gasteiger partial charge is 0.329 e. The van der Waals surface area contributed by atoms with Crippen molar-refractivity contribution < 1.29 is 0 Å². The number of aromatic nitrogens is 2. The first kappa shape index (κ1) is 9.55. The molecule has 6 heteroatoms. The molecule has 0 aliphatic heterocycles. The molecule has 0 spiro atoms. The Bertz CT molecular complexity index is 468. The Morgan fingerprint density at radius 1 is 1.69 bits per heavy atom. The summed E-state index contributed by atoms with van der Waals surface area (Å²) in [7, 11) is 0. The van der Waals surface area contributed by atoms with Crippen LogP contribution >= 0.6 is 11.6 Å². The molecule has 5 nitrogen and oxygen atoms in total. The van der Waals surface area contributed by atoms with Crippen LogP contribution in [-0.4, -0.2) is 9.55 Å². The highest BCUT2D eigenvalue weighted by Gasteiger charge is 2.10. The van der Waals surface area contributed by atoms with Gasteiger partial charge in [0.15, 0.2) is 0 Å². The lowest BCUT2D eigenvalue weighted by Gasteiger charge is -2.04. The van der Waals surface area contributed by atoms with E-state index in [9.17, 15) is 9.59 Å². The van der Waals surface area contributed by atoms with E-state index in [1.807, 2.05) is 0 Å². The smallest absolute Gasteiger partial charge is 0.312 e. The predicted octanol–water partition coefficient (Wildman–Crippen LogP) is 0.275. The molecule has 0 amide bonds. The zero-order valence-corrected chi connectivity index (χ0v) is 7.50. The Morgan fingerprint density at radius 2 is 2.31 bits per heavy atom. The number of aromatic amines is 1. The SMILES string of the molecule is CC(C#N)n1c(=O)[nH]cc(Cl)c1=O. The first-order valence-electron chi connectivity index (χ1n) is 3.47. The van der Waals surface area contributed by atoms with Gasteiger partial charge in [0.2, 0.25) is 0 Å². The topological polar surface area (TPSA) is 78.7 Å². The highest BCUT2D eigenvalue weighted by molar-refractivity contribution is 6.30. The van der Waals surface area contributed by atoms with Gasteiger partial charge in [0, 0.05) is 6.20 Å². The first-order valence-corrected chi connectivity index (χ1v) is 3.85. The fraction of sp³-hybridized carbons (Fsp3) is 0.286. The van der Waals surface area contributed by atoms with Crippen molar-refractivity contribution in [1.29, 1.82) is 5.26 Å². The normalized spacial score (nSPS) is 12.1. The van der Waals surface area contributed by atoms with Gasteiger partial charge in [-0.2, -0.15) is 5.26 Å². The van der Waals surface area contributed by atoms with Crippen molar-refractivity contribution in [3.63, 3.8) is 0 Å². The molecule has 1 aromatic heterocycles. The Balaban J connectivity index is 3.55. The van der Waals surface area contributed by atoms with Crippen molar-refractivity contribution in [2.24, 2.45) is 0 Å². The van der Waals surface area contributed by atoms with Crippen molar-refractivity contribution in [3.8, 4) is 6.07 Å². The third kappa shape index (κ3) is 1.63. The van der Waals surface area contributed by atoms with Gasteiger partial charge >= 0.3 is 5.69 Å². The summed E-state index contributed by atoms with van der Waals surface area (Å²) in [5.74, 6) is 0. The summed E-state index contributed by atoms with van der Waals surface area (Å²) in [6.45, 7) is 1.44. The van der Waals surface area contributed by atoms with Crippen LogP contribution < -0.4 is 11.2 Å².